The van der Waals surface area contributed by atoms with E-state index in [0.717, 1.165) is 42.6 Å². The molecule has 2 N–H and O–H groups in total. The number of hydrogen-bond acceptors (Lipinski definition) is 9. The van der Waals surface area contributed by atoms with Crippen LogP contribution in [0.2, 0.25) is 0 Å². The third-order valence-corrected chi connectivity index (χ3v) is 11.0. The van der Waals surface area contributed by atoms with Crippen LogP contribution in [0.25, 0.3) is 5.52 Å². The van der Waals surface area contributed by atoms with E-state index in [0.29, 0.717) is 32.2 Å². The molecular formula is C39H63N4O5PS. The van der Waals surface area contributed by atoms with Gasteiger partial charge in [0.15, 0.2) is 13.0 Å². The summed E-state index contributed by atoms with van der Waals surface area (Å²) in [5.41, 5.74) is 8.87. The minimum Gasteiger partial charge on any atom is -0.382 e. The second kappa shape index (κ2) is 25.1. The first-order chi connectivity index (χ1) is 24.6. The largest absolute Gasteiger partial charge is 0.382 e. The molecule has 4 unspecified atom stereocenters. The number of nitrogens with zero attached hydrogens (tertiary/aromatic N) is 3. The Labute approximate surface area is 306 Å². The highest BCUT2D eigenvalue weighted by atomic mass is 32.4. The van der Waals surface area contributed by atoms with Crippen LogP contribution in [0.1, 0.15) is 140 Å². The maximum Gasteiger partial charge on any atom is 0.176 e. The molecule has 0 radical (unpaired) electrons. The molecular weight excluding hydrogens is 667 g/mol. The highest BCUT2D eigenvalue weighted by Crippen LogP contribution is 2.35. The number of nitrogens with two attached hydrogens (primary N) is 1. The molecule has 1 fully saturated rings. The monoisotopic (exact) mass is 730 g/mol. The minimum absolute atomic E-state index is 0.0514. The van der Waals surface area contributed by atoms with E-state index in [1.54, 1.807) is 4.52 Å². The van der Waals surface area contributed by atoms with E-state index in [1.165, 1.54) is 103 Å². The van der Waals surface area contributed by atoms with Gasteiger partial charge in [0.25, 0.3) is 0 Å². The molecule has 3 heterocycles. The van der Waals surface area contributed by atoms with Gasteiger partial charge in [-0.3, -0.25) is 0 Å². The van der Waals surface area contributed by atoms with E-state index in [2.05, 4.69) is 29.1 Å². The van der Waals surface area contributed by atoms with Crippen molar-refractivity contribution in [3.63, 3.8) is 0 Å². The van der Waals surface area contributed by atoms with Crippen molar-refractivity contribution in [1.29, 1.82) is 0 Å². The fourth-order valence-corrected chi connectivity index (χ4v) is 7.66. The Morgan fingerprint density at radius 1 is 0.840 bits per heavy atom. The van der Waals surface area contributed by atoms with Crippen molar-refractivity contribution in [1.82, 2.24) is 14.6 Å². The molecule has 9 nitrogen and oxygen atoms in total. The van der Waals surface area contributed by atoms with E-state index in [4.69, 9.17) is 40.8 Å². The summed E-state index contributed by atoms with van der Waals surface area (Å²) in [4.78, 5) is 4.07. The van der Waals surface area contributed by atoms with Gasteiger partial charge in [-0.15, -0.1) is 0 Å². The predicted octanol–water partition coefficient (Wildman–Crippen LogP) is 9.93. The maximum atomic E-state index is 6.29. The van der Waals surface area contributed by atoms with Crippen molar-refractivity contribution in [2.24, 2.45) is 0 Å². The Kier molecular flexibility index (Phi) is 20.5. The van der Waals surface area contributed by atoms with Gasteiger partial charge in [0.1, 0.15) is 24.1 Å². The number of hydrogen-bond donors (Lipinski definition) is 1. The number of rotatable bonds is 29. The fourth-order valence-electron chi connectivity index (χ4n) is 6.53. The number of ether oxygens (including phenoxy) is 3. The Bertz CT molecular complexity index is 1330. The molecule has 0 saturated carbocycles. The molecule has 1 aromatic carbocycles. The zero-order valence-electron chi connectivity index (χ0n) is 30.5. The topological polar surface area (TPSA) is 102 Å². The lowest BCUT2D eigenvalue weighted by Gasteiger charge is -2.20. The summed E-state index contributed by atoms with van der Waals surface area (Å²) in [6.07, 6.45) is 24.6. The quantitative estimate of drug-likeness (QED) is 0.0552. The van der Waals surface area contributed by atoms with Crippen LogP contribution in [-0.4, -0.2) is 53.2 Å². The van der Waals surface area contributed by atoms with E-state index < -0.39 is 7.15 Å². The molecule has 0 bridgehead atoms. The van der Waals surface area contributed by atoms with Gasteiger partial charge in [0, 0.05) is 6.61 Å². The number of anilines is 1. The Hall–Kier alpha value is -1.91. The summed E-state index contributed by atoms with van der Waals surface area (Å²) >= 11 is 5.59. The fraction of sp³-hybridized carbons (Fsp3) is 0.692. The third-order valence-electron chi connectivity index (χ3n) is 9.50. The molecule has 4 atom stereocenters. The molecule has 0 aliphatic carbocycles. The van der Waals surface area contributed by atoms with Gasteiger partial charge in [-0.2, -0.15) is 5.10 Å². The molecule has 2 aromatic heterocycles. The second-order valence-electron chi connectivity index (χ2n) is 13.7. The van der Waals surface area contributed by atoms with Gasteiger partial charge in [-0.05, 0) is 48.8 Å². The lowest BCUT2D eigenvalue weighted by atomic mass is 10.0. The van der Waals surface area contributed by atoms with E-state index >= 15 is 0 Å². The maximum absolute atomic E-state index is 6.29. The van der Waals surface area contributed by atoms with E-state index in [-0.39, 0.29) is 18.3 Å². The predicted molar refractivity (Wildman–Crippen MR) is 207 cm³/mol. The van der Waals surface area contributed by atoms with Gasteiger partial charge in [-0.25, -0.2) is 9.50 Å². The van der Waals surface area contributed by atoms with Crippen molar-refractivity contribution in [3.8, 4) is 0 Å². The minimum atomic E-state index is -1.90. The summed E-state index contributed by atoms with van der Waals surface area (Å²) in [6.45, 7) is 4.74. The van der Waals surface area contributed by atoms with Crippen LogP contribution in [0.15, 0.2) is 48.8 Å². The van der Waals surface area contributed by atoms with E-state index in [1.807, 2.05) is 30.3 Å². The standard InChI is InChI=1S/C39H63N4O5PS/c1-2-3-4-5-6-7-8-9-10-11-12-13-14-15-16-20-27-44-29-35(45-28-33-21-18-17-19-22-33)31-47-49(50)46-30-34-23-26-38(48-34)36-24-25-37-39(40)41-32-42-43(36)37/h17-19,21-22,24-25,32,34-35,38,49H,2-16,20,23,26-31H2,1H3,(H2,40,41,42). The van der Waals surface area contributed by atoms with Crippen LogP contribution in [0, 0.1) is 0 Å². The highest BCUT2D eigenvalue weighted by Gasteiger charge is 2.29. The Morgan fingerprint density at radius 2 is 1.50 bits per heavy atom. The van der Waals surface area contributed by atoms with Crippen LogP contribution in [-0.2, 0) is 41.7 Å². The van der Waals surface area contributed by atoms with Gasteiger partial charge < -0.3 is 29.0 Å². The van der Waals surface area contributed by atoms with Gasteiger partial charge >= 0.3 is 0 Å². The first-order valence-corrected chi connectivity index (χ1v) is 21.9. The molecule has 1 aliphatic rings. The lowest BCUT2D eigenvalue weighted by molar-refractivity contribution is -0.0459. The van der Waals surface area contributed by atoms with Crippen LogP contribution < -0.4 is 5.73 Å². The molecule has 0 spiro atoms. The molecule has 1 aliphatic heterocycles. The van der Waals surface area contributed by atoms with Crippen LogP contribution in [0.4, 0.5) is 5.82 Å². The molecule has 50 heavy (non-hydrogen) atoms. The first-order valence-electron chi connectivity index (χ1n) is 19.4. The van der Waals surface area contributed by atoms with Crippen molar-refractivity contribution in [2.75, 3.05) is 32.2 Å². The Balaban J connectivity index is 1.04. The molecule has 280 valence electrons. The van der Waals surface area contributed by atoms with Crippen LogP contribution in [0.5, 0.6) is 0 Å². The summed E-state index contributed by atoms with van der Waals surface area (Å²) in [5.74, 6) is 0.455. The SMILES string of the molecule is CCCCCCCCCCCCCCCCCCOCC(CO[PH](=S)OCC1CCC(c2ccc3c(N)ncnn23)O1)OCc1ccccc1. The van der Waals surface area contributed by atoms with Gasteiger partial charge in [0.05, 0.1) is 38.2 Å². The number of unbranched alkanes of at least 4 members (excludes halogenated alkanes) is 15. The molecule has 1 saturated heterocycles. The normalized spacial score (nSPS) is 17.5. The van der Waals surface area contributed by atoms with Gasteiger partial charge in [0.2, 0.25) is 0 Å². The number of fused-ring (bicyclic) bond motifs is 1. The molecule has 4 rings (SSSR count). The number of nitrogen functional groups attached to an aromatic ring is 1. The van der Waals surface area contributed by atoms with Crippen molar-refractivity contribution >= 4 is 30.3 Å². The average molecular weight is 731 g/mol. The highest BCUT2D eigenvalue weighted by molar-refractivity contribution is 8.00. The summed E-state index contributed by atoms with van der Waals surface area (Å²) in [5, 5.41) is 4.35. The summed E-state index contributed by atoms with van der Waals surface area (Å²) < 4.78 is 32.3. The second-order valence-corrected chi connectivity index (χ2v) is 15.8. The van der Waals surface area contributed by atoms with Crippen molar-refractivity contribution in [2.45, 2.75) is 147 Å². The Morgan fingerprint density at radius 3 is 2.18 bits per heavy atom. The molecule has 0 amide bonds. The zero-order chi connectivity index (χ0) is 35.1. The van der Waals surface area contributed by atoms with E-state index in [9.17, 15) is 0 Å². The summed E-state index contributed by atoms with van der Waals surface area (Å²) in [7, 11) is -1.90. The zero-order valence-corrected chi connectivity index (χ0v) is 32.3. The lowest BCUT2D eigenvalue weighted by Crippen LogP contribution is -2.25. The molecule has 3 aromatic rings. The van der Waals surface area contributed by atoms with Crippen molar-refractivity contribution in [3.05, 3.63) is 60.0 Å². The van der Waals surface area contributed by atoms with Gasteiger partial charge in [-0.1, -0.05) is 134 Å². The van der Waals surface area contributed by atoms with Crippen molar-refractivity contribution < 1.29 is 23.3 Å². The summed E-state index contributed by atoms with van der Waals surface area (Å²) in [6, 6.07) is 14.1. The molecule has 11 heteroatoms. The number of aromatic nitrogens is 3. The average Bonchev–Trinajstić information content (AvgIpc) is 3.79. The number of benzene rings is 1. The van der Waals surface area contributed by atoms with Crippen LogP contribution >= 0.6 is 7.15 Å². The first kappa shape index (κ1) is 40.9. The third kappa shape index (κ3) is 15.8. The van der Waals surface area contributed by atoms with Crippen LogP contribution in [0.3, 0.4) is 0 Å². The smallest absolute Gasteiger partial charge is 0.176 e.